The Bertz CT molecular complexity index is 549. The van der Waals surface area contributed by atoms with Crippen LogP contribution >= 0.6 is 0 Å². The quantitative estimate of drug-likeness (QED) is 0.862. The van der Waals surface area contributed by atoms with Crippen molar-refractivity contribution >= 4 is 10.0 Å². The standard InChI is InChI=1S/C14H25N3O3S/c1-11-14(12(2)20-16-11)10-17-9-5-4-6-13(17)7-8-15-21(3,18)19/h13,15H,4-10H2,1-3H3/t13-/m1/s1. The molecule has 1 fully saturated rings. The molecule has 0 saturated carbocycles. The van der Waals surface area contributed by atoms with Gasteiger partial charge in [0.05, 0.1) is 11.9 Å². The van der Waals surface area contributed by atoms with Gasteiger partial charge in [0.25, 0.3) is 0 Å². The van der Waals surface area contributed by atoms with Crippen LogP contribution in [0.1, 0.15) is 42.7 Å². The second-order valence-electron chi connectivity index (χ2n) is 5.88. The van der Waals surface area contributed by atoms with Crippen LogP contribution in [0.4, 0.5) is 0 Å². The van der Waals surface area contributed by atoms with E-state index in [0.29, 0.717) is 12.6 Å². The van der Waals surface area contributed by atoms with E-state index in [1.54, 1.807) is 0 Å². The van der Waals surface area contributed by atoms with Gasteiger partial charge in [0.15, 0.2) is 0 Å². The number of aromatic nitrogens is 1. The number of aryl methyl sites for hydroxylation is 2. The highest BCUT2D eigenvalue weighted by atomic mass is 32.2. The maximum absolute atomic E-state index is 11.2. The predicted molar refractivity (Wildman–Crippen MR) is 81.5 cm³/mol. The van der Waals surface area contributed by atoms with E-state index in [4.69, 9.17) is 4.52 Å². The first-order chi connectivity index (χ1) is 9.87. The molecule has 0 aliphatic carbocycles. The summed E-state index contributed by atoms with van der Waals surface area (Å²) in [4.78, 5) is 2.43. The zero-order valence-electron chi connectivity index (χ0n) is 13.1. The van der Waals surface area contributed by atoms with Gasteiger partial charge in [-0.05, 0) is 39.7 Å². The Morgan fingerprint density at radius 2 is 2.14 bits per heavy atom. The summed E-state index contributed by atoms with van der Waals surface area (Å²) in [5, 5.41) is 4.01. The molecule has 0 radical (unpaired) electrons. The number of rotatable bonds is 6. The number of hydrogen-bond donors (Lipinski definition) is 1. The zero-order chi connectivity index (χ0) is 15.5. The van der Waals surface area contributed by atoms with Crippen molar-refractivity contribution < 1.29 is 12.9 Å². The van der Waals surface area contributed by atoms with Crippen molar-refractivity contribution in [1.29, 1.82) is 0 Å². The lowest BCUT2D eigenvalue weighted by molar-refractivity contribution is 0.132. The molecule has 1 aromatic heterocycles. The first-order valence-electron chi connectivity index (χ1n) is 7.47. The number of nitrogens with one attached hydrogen (secondary N) is 1. The third kappa shape index (κ3) is 4.79. The highest BCUT2D eigenvalue weighted by Gasteiger charge is 2.24. The Balaban J connectivity index is 1.95. The van der Waals surface area contributed by atoms with Crippen LogP contribution in [0, 0.1) is 13.8 Å². The second-order valence-corrected chi connectivity index (χ2v) is 7.71. The number of hydrogen-bond acceptors (Lipinski definition) is 5. The molecule has 1 aliphatic rings. The topological polar surface area (TPSA) is 75.4 Å². The molecule has 1 N–H and O–H groups in total. The van der Waals surface area contributed by atoms with Crippen molar-refractivity contribution in [1.82, 2.24) is 14.8 Å². The van der Waals surface area contributed by atoms with Gasteiger partial charge in [-0.2, -0.15) is 0 Å². The van der Waals surface area contributed by atoms with E-state index >= 15 is 0 Å². The maximum Gasteiger partial charge on any atom is 0.208 e. The number of piperidine rings is 1. The third-order valence-electron chi connectivity index (χ3n) is 4.13. The summed E-state index contributed by atoms with van der Waals surface area (Å²) in [5.41, 5.74) is 2.11. The molecule has 1 aromatic rings. The average Bonchev–Trinajstić information content (AvgIpc) is 2.71. The van der Waals surface area contributed by atoms with E-state index in [1.807, 2.05) is 13.8 Å². The van der Waals surface area contributed by atoms with E-state index in [-0.39, 0.29) is 0 Å². The van der Waals surface area contributed by atoms with Crippen molar-refractivity contribution in [3.63, 3.8) is 0 Å². The Kier molecular flexibility index (Phi) is 5.40. The third-order valence-corrected chi connectivity index (χ3v) is 4.86. The molecule has 0 unspecified atom stereocenters. The van der Waals surface area contributed by atoms with Crippen LogP contribution in [0.2, 0.25) is 0 Å². The summed E-state index contributed by atoms with van der Waals surface area (Å²) in [6.45, 7) is 6.30. The summed E-state index contributed by atoms with van der Waals surface area (Å²) < 4.78 is 30.1. The van der Waals surface area contributed by atoms with Gasteiger partial charge in [-0.15, -0.1) is 0 Å². The molecule has 0 bridgehead atoms. The molecular weight excluding hydrogens is 290 g/mol. The largest absolute Gasteiger partial charge is 0.361 e. The molecule has 0 amide bonds. The van der Waals surface area contributed by atoms with Crippen LogP contribution in [0.3, 0.4) is 0 Å². The van der Waals surface area contributed by atoms with Crippen LogP contribution in [0.15, 0.2) is 4.52 Å². The molecule has 1 aliphatic heterocycles. The smallest absolute Gasteiger partial charge is 0.208 e. The fourth-order valence-corrected chi connectivity index (χ4v) is 3.43. The van der Waals surface area contributed by atoms with Gasteiger partial charge < -0.3 is 4.52 Å². The van der Waals surface area contributed by atoms with Crippen molar-refractivity contribution in [3.8, 4) is 0 Å². The molecule has 1 atom stereocenters. The van der Waals surface area contributed by atoms with Crippen LogP contribution < -0.4 is 4.72 Å². The van der Waals surface area contributed by atoms with Crippen LogP contribution in [-0.2, 0) is 16.6 Å². The zero-order valence-corrected chi connectivity index (χ0v) is 13.9. The second kappa shape index (κ2) is 6.89. The van der Waals surface area contributed by atoms with Gasteiger partial charge in [-0.1, -0.05) is 11.6 Å². The van der Waals surface area contributed by atoms with E-state index in [1.165, 1.54) is 19.1 Å². The number of sulfonamides is 1. The summed E-state index contributed by atoms with van der Waals surface area (Å²) >= 11 is 0. The molecule has 7 heteroatoms. The van der Waals surface area contributed by atoms with Gasteiger partial charge >= 0.3 is 0 Å². The predicted octanol–water partition coefficient (Wildman–Crippen LogP) is 1.59. The Hall–Kier alpha value is -0.920. The fourth-order valence-electron chi connectivity index (χ4n) is 2.94. The minimum Gasteiger partial charge on any atom is -0.361 e. The molecule has 120 valence electrons. The Labute approximate surface area is 126 Å². The lowest BCUT2D eigenvalue weighted by Gasteiger charge is -2.35. The first-order valence-corrected chi connectivity index (χ1v) is 9.36. The van der Waals surface area contributed by atoms with Crippen molar-refractivity contribution in [2.75, 3.05) is 19.3 Å². The van der Waals surface area contributed by atoms with Gasteiger partial charge in [-0.3, -0.25) is 4.90 Å². The molecule has 21 heavy (non-hydrogen) atoms. The Morgan fingerprint density at radius 1 is 1.38 bits per heavy atom. The van der Waals surface area contributed by atoms with Crippen LogP contribution in [0.5, 0.6) is 0 Å². The minimum absolute atomic E-state index is 0.418. The lowest BCUT2D eigenvalue weighted by Crippen LogP contribution is -2.41. The van der Waals surface area contributed by atoms with Crippen LogP contribution in [-0.4, -0.2) is 43.9 Å². The average molecular weight is 315 g/mol. The molecule has 2 heterocycles. The summed E-state index contributed by atoms with van der Waals surface area (Å²) in [6.07, 6.45) is 5.57. The van der Waals surface area contributed by atoms with Crippen LogP contribution in [0.25, 0.3) is 0 Å². The maximum atomic E-state index is 11.2. The van der Waals surface area contributed by atoms with E-state index < -0.39 is 10.0 Å². The van der Waals surface area contributed by atoms with E-state index in [2.05, 4.69) is 14.8 Å². The molecule has 0 aromatic carbocycles. The molecule has 6 nitrogen and oxygen atoms in total. The van der Waals surface area contributed by atoms with E-state index in [0.717, 1.165) is 42.9 Å². The lowest BCUT2D eigenvalue weighted by atomic mass is 9.98. The molecule has 0 spiro atoms. The Morgan fingerprint density at radius 3 is 2.76 bits per heavy atom. The SMILES string of the molecule is Cc1noc(C)c1CN1CCCC[C@@H]1CCNS(C)(=O)=O. The highest BCUT2D eigenvalue weighted by Crippen LogP contribution is 2.24. The van der Waals surface area contributed by atoms with Gasteiger partial charge in [0.1, 0.15) is 5.76 Å². The van der Waals surface area contributed by atoms with Gasteiger partial charge in [0.2, 0.25) is 10.0 Å². The molecule has 2 rings (SSSR count). The van der Waals surface area contributed by atoms with Crippen molar-refractivity contribution in [2.24, 2.45) is 0 Å². The summed E-state index contributed by atoms with van der Waals surface area (Å²) in [6, 6.07) is 0.418. The summed E-state index contributed by atoms with van der Waals surface area (Å²) in [7, 11) is -3.10. The number of nitrogens with zero attached hydrogens (tertiary/aromatic N) is 2. The normalized spacial score (nSPS) is 20.8. The first kappa shape index (κ1) is 16.5. The molecular formula is C14H25N3O3S. The molecule has 1 saturated heterocycles. The summed E-state index contributed by atoms with van der Waals surface area (Å²) in [5.74, 6) is 0.881. The van der Waals surface area contributed by atoms with Crippen molar-refractivity contribution in [2.45, 2.75) is 52.1 Å². The number of likely N-dealkylation sites (tertiary alicyclic amines) is 1. The monoisotopic (exact) mass is 315 g/mol. The minimum atomic E-state index is -3.10. The fraction of sp³-hybridized carbons (Fsp3) is 0.786. The van der Waals surface area contributed by atoms with Gasteiger partial charge in [0, 0.05) is 24.7 Å². The van der Waals surface area contributed by atoms with E-state index in [9.17, 15) is 8.42 Å². The highest BCUT2D eigenvalue weighted by molar-refractivity contribution is 7.88. The van der Waals surface area contributed by atoms with Crippen molar-refractivity contribution in [3.05, 3.63) is 17.0 Å². The van der Waals surface area contributed by atoms with Gasteiger partial charge in [-0.25, -0.2) is 13.1 Å².